The first-order valence-electron chi connectivity index (χ1n) is 15.1. The molecule has 0 saturated carbocycles. The number of hydrogen-bond acceptors (Lipinski definition) is 3. The molecule has 0 aliphatic heterocycles. The van der Waals surface area contributed by atoms with Crippen LogP contribution in [-0.2, 0) is 0 Å². The van der Waals surface area contributed by atoms with Crippen LogP contribution in [0.3, 0.4) is 0 Å². The van der Waals surface area contributed by atoms with Gasteiger partial charge in [0.2, 0.25) is 0 Å². The lowest BCUT2D eigenvalue weighted by Gasteiger charge is -2.09. The van der Waals surface area contributed by atoms with Gasteiger partial charge in [0.25, 0.3) is 0 Å². The van der Waals surface area contributed by atoms with Gasteiger partial charge in [0.1, 0.15) is 28.0 Å². The van der Waals surface area contributed by atoms with E-state index < -0.39 is 0 Å². The lowest BCUT2D eigenvalue weighted by atomic mass is 9.95. The van der Waals surface area contributed by atoms with Crippen LogP contribution in [0.1, 0.15) is 0 Å². The number of benzene rings is 6. The molecule has 0 spiro atoms. The Balaban J connectivity index is 1.08. The van der Waals surface area contributed by atoms with Crippen molar-refractivity contribution in [3.05, 3.63) is 146 Å². The second-order valence-electron chi connectivity index (χ2n) is 11.6. The summed E-state index contributed by atoms with van der Waals surface area (Å²) >= 11 is 0. The van der Waals surface area contributed by atoms with Crippen molar-refractivity contribution in [2.75, 3.05) is 0 Å². The number of aromatic nitrogens is 2. The van der Waals surface area contributed by atoms with Gasteiger partial charge < -0.3 is 13.2 Å². The standard InChI is InChI=1S/C41H24N2O2/c1-3-9-36-31(7-1)34-23-33(40-39(41(34)44-36)32-8-2-4-10-37(32)45-40)30-19-18-28-21-27(16-17-29(28)22-30)25-12-14-26(15-13-25)35-24-43-20-6-5-11-38(43)42-35/h1-24H. The number of imidazole rings is 1. The summed E-state index contributed by atoms with van der Waals surface area (Å²) in [6.45, 7) is 0. The molecule has 10 aromatic rings. The number of hydrogen-bond donors (Lipinski definition) is 0. The average molecular weight is 577 g/mol. The molecule has 10 rings (SSSR count). The first kappa shape index (κ1) is 24.3. The lowest BCUT2D eigenvalue weighted by Crippen LogP contribution is -1.84. The summed E-state index contributed by atoms with van der Waals surface area (Å²) < 4.78 is 15.0. The molecule has 0 radical (unpaired) electrons. The van der Waals surface area contributed by atoms with Gasteiger partial charge in [-0.1, -0.05) is 91.0 Å². The van der Waals surface area contributed by atoms with Gasteiger partial charge in [0.15, 0.2) is 0 Å². The van der Waals surface area contributed by atoms with E-state index in [0.29, 0.717) is 0 Å². The molecular formula is C41H24N2O2. The van der Waals surface area contributed by atoms with E-state index in [1.165, 1.54) is 21.9 Å². The summed E-state index contributed by atoms with van der Waals surface area (Å²) in [6, 6.07) is 46.8. The minimum atomic E-state index is 0.851. The molecule has 0 amide bonds. The van der Waals surface area contributed by atoms with Gasteiger partial charge in [-0.2, -0.15) is 0 Å². The van der Waals surface area contributed by atoms with Crippen molar-refractivity contribution < 1.29 is 8.83 Å². The Kier molecular flexibility index (Phi) is 4.96. The number of furan rings is 2. The molecule has 0 aliphatic carbocycles. The van der Waals surface area contributed by atoms with E-state index in [4.69, 9.17) is 13.8 Å². The Bertz CT molecular complexity index is 2730. The van der Waals surface area contributed by atoms with Gasteiger partial charge in [0, 0.05) is 39.7 Å². The molecular weight excluding hydrogens is 552 g/mol. The molecule has 0 unspecified atom stereocenters. The Morgan fingerprint density at radius 3 is 1.96 bits per heavy atom. The SMILES string of the molecule is c1ccc2c(c1)oc1c2cc(-c2ccc3cc(-c4ccc(-c5cn6ccccc6n5)cc4)ccc3c2)c2oc3ccccc3c21. The van der Waals surface area contributed by atoms with Crippen molar-refractivity contribution in [3.63, 3.8) is 0 Å². The van der Waals surface area contributed by atoms with E-state index in [1.54, 1.807) is 0 Å². The van der Waals surface area contributed by atoms with E-state index in [0.717, 1.165) is 71.9 Å². The minimum Gasteiger partial charge on any atom is -0.455 e. The van der Waals surface area contributed by atoms with Crippen LogP contribution in [0.15, 0.2) is 155 Å². The lowest BCUT2D eigenvalue weighted by molar-refractivity contribution is 0.663. The Labute approximate surface area is 257 Å². The van der Waals surface area contributed by atoms with E-state index >= 15 is 0 Å². The Morgan fingerprint density at radius 1 is 0.489 bits per heavy atom. The van der Waals surface area contributed by atoms with E-state index in [9.17, 15) is 0 Å². The summed E-state index contributed by atoms with van der Waals surface area (Å²) in [7, 11) is 0. The molecule has 0 fully saturated rings. The van der Waals surface area contributed by atoms with Gasteiger partial charge in [-0.05, 0) is 69.9 Å². The Morgan fingerprint density at radius 2 is 1.13 bits per heavy atom. The topological polar surface area (TPSA) is 43.6 Å². The monoisotopic (exact) mass is 576 g/mol. The first-order chi connectivity index (χ1) is 22.3. The number of rotatable bonds is 3. The van der Waals surface area contributed by atoms with Gasteiger partial charge in [0.05, 0.1) is 11.1 Å². The van der Waals surface area contributed by atoms with Crippen LogP contribution in [0, 0.1) is 0 Å². The summed E-state index contributed by atoms with van der Waals surface area (Å²) in [5, 5.41) is 6.67. The summed E-state index contributed by atoms with van der Waals surface area (Å²) in [5.41, 5.74) is 11.0. The summed E-state index contributed by atoms with van der Waals surface area (Å²) in [6.07, 6.45) is 4.10. The average Bonchev–Trinajstić information content (AvgIpc) is 3.81. The highest BCUT2D eigenvalue weighted by Gasteiger charge is 2.20. The Hall–Kier alpha value is -6.13. The molecule has 0 bridgehead atoms. The first-order valence-corrected chi connectivity index (χ1v) is 15.1. The largest absolute Gasteiger partial charge is 0.455 e. The molecule has 210 valence electrons. The number of fused-ring (bicyclic) bond motifs is 9. The van der Waals surface area contributed by atoms with E-state index in [2.05, 4.69) is 102 Å². The molecule has 45 heavy (non-hydrogen) atoms. The fourth-order valence-electron chi connectivity index (χ4n) is 6.78. The van der Waals surface area contributed by atoms with Crippen molar-refractivity contribution in [1.29, 1.82) is 0 Å². The maximum atomic E-state index is 6.52. The van der Waals surface area contributed by atoms with E-state index in [-0.39, 0.29) is 0 Å². The van der Waals surface area contributed by atoms with Crippen molar-refractivity contribution in [2.24, 2.45) is 0 Å². The molecule has 4 heterocycles. The van der Waals surface area contributed by atoms with Crippen LogP contribution in [0.4, 0.5) is 0 Å². The number of para-hydroxylation sites is 2. The van der Waals surface area contributed by atoms with Crippen molar-refractivity contribution in [1.82, 2.24) is 9.38 Å². The van der Waals surface area contributed by atoms with Gasteiger partial charge >= 0.3 is 0 Å². The van der Waals surface area contributed by atoms with Crippen molar-refractivity contribution >= 4 is 60.3 Å². The second kappa shape index (κ2) is 9.18. The van der Waals surface area contributed by atoms with Crippen LogP contribution in [0.25, 0.3) is 93.8 Å². The number of nitrogens with zero attached hydrogens (tertiary/aromatic N) is 2. The zero-order valence-electron chi connectivity index (χ0n) is 24.1. The number of pyridine rings is 1. The molecule has 0 aliphatic rings. The fourth-order valence-corrected chi connectivity index (χ4v) is 6.78. The van der Waals surface area contributed by atoms with Crippen LogP contribution in [-0.4, -0.2) is 9.38 Å². The molecule has 0 saturated heterocycles. The minimum absolute atomic E-state index is 0.851. The van der Waals surface area contributed by atoms with Gasteiger partial charge in [-0.25, -0.2) is 4.98 Å². The third-order valence-electron chi connectivity index (χ3n) is 9.02. The third kappa shape index (κ3) is 3.69. The highest BCUT2D eigenvalue weighted by molar-refractivity contribution is 6.25. The molecule has 4 aromatic heterocycles. The maximum absolute atomic E-state index is 6.52. The van der Waals surface area contributed by atoms with E-state index in [1.807, 2.05) is 48.7 Å². The summed E-state index contributed by atoms with van der Waals surface area (Å²) in [5.74, 6) is 0. The smallest absolute Gasteiger partial charge is 0.147 e. The van der Waals surface area contributed by atoms with Crippen LogP contribution in [0.5, 0.6) is 0 Å². The van der Waals surface area contributed by atoms with Gasteiger partial charge in [-0.15, -0.1) is 0 Å². The van der Waals surface area contributed by atoms with Crippen LogP contribution >= 0.6 is 0 Å². The molecule has 0 atom stereocenters. The fraction of sp³-hybridized carbons (Fsp3) is 0. The zero-order chi connectivity index (χ0) is 29.5. The van der Waals surface area contributed by atoms with Gasteiger partial charge in [-0.3, -0.25) is 0 Å². The predicted octanol–water partition coefficient (Wildman–Crippen LogP) is 11.3. The normalized spacial score (nSPS) is 12.0. The third-order valence-corrected chi connectivity index (χ3v) is 9.02. The molecule has 6 aromatic carbocycles. The molecule has 0 N–H and O–H groups in total. The zero-order valence-corrected chi connectivity index (χ0v) is 24.1. The molecule has 4 nitrogen and oxygen atoms in total. The van der Waals surface area contributed by atoms with Crippen LogP contribution in [0.2, 0.25) is 0 Å². The second-order valence-corrected chi connectivity index (χ2v) is 11.6. The quantitative estimate of drug-likeness (QED) is 0.210. The van der Waals surface area contributed by atoms with Crippen LogP contribution < -0.4 is 0 Å². The highest BCUT2D eigenvalue weighted by Crippen LogP contribution is 2.44. The summed E-state index contributed by atoms with van der Waals surface area (Å²) in [4.78, 5) is 4.77. The molecule has 4 heteroatoms. The predicted molar refractivity (Wildman–Crippen MR) is 184 cm³/mol. The maximum Gasteiger partial charge on any atom is 0.147 e. The highest BCUT2D eigenvalue weighted by atomic mass is 16.3. The van der Waals surface area contributed by atoms with Crippen molar-refractivity contribution in [3.8, 4) is 33.5 Å². The van der Waals surface area contributed by atoms with Crippen molar-refractivity contribution in [2.45, 2.75) is 0 Å².